The lowest BCUT2D eigenvalue weighted by Gasteiger charge is -2.37. The molecule has 0 spiro atoms. The zero-order chi connectivity index (χ0) is 15.6. The highest BCUT2D eigenvalue weighted by Crippen LogP contribution is 2.22. The first-order valence-electron chi connectivity index (χ1n) is 7.14. The summed E-state index contributed by atoms with van der Waals surface area (Å²) in [4.78, 5) is 15.7. The lowest BCUT2D eigenvalue weighted by molar-refractivity contribution is -0.135. The fraction of sp³-hybridized carbons (Fsp3) is 0.533. The molecule has 0 bridgehead atoms. The van der Waals surface area contributed by atoms with Crippen molar-refractivity contribution in [1.29, 1.82) is 0 Å². The van der Waals surface area contributed by atoms with Crippen LogP contribution in [0.15, 0.2) is 18.2 Å². The van der Waals surface area contributed by atoms with Gasteiger partial charge in [0.15, 0.2) is 0 Å². The summed E-state index contributed by atoms with van der Waals surface area (Å²) in [5.41, 5.74) is 6.00. The summed E-state index contributed by atoms with van der Waals surface area (Å²) < 4.78 is 27.0. The molecule has 1 aromatic rings. The number of carbonyl (C=O) groups is 1. The van der Waals surface area contributed by atoms with Crippen molar-refractivity contribution in [2.24, 2.45) is 11.7 Å². The van der Waals surface area contributed by atoms with Crippen LogP contribution in [0.25, 0.3) is 0 Å². The van der Waals surface area contributed by atoms with Crippen molar-refractivity contribution in [3.63, 3.8) is 0 Å². The fourth-order valence-corrected chi connectivity index (χ4v) is 2.41. The molecule has 1 aliphatic rings. The van der Waals surface area contributed by atoms with Gasteiger partial charge in [0.25, 0.3) is 0 Å². The number of rotatable bonds is 3. The molecule has 1 aliphatic heterocycles. The van der Waals surface area contributed by atoms with Crippen molar-refractivity contribution in [2.75, 3.05) is 31.1 Å². The van der Waals surface area contributed by atoms with E-state index in [1.54, 1.807) is 16.7 Å². The largest absolute Gasteiger partial charge is 0.366 e. The summed E-state index contributed by atoms with van der Waals surface area (Å²) in [6, 6.07) is 3.22. The van der Waals surface area contributed by atoms with E-state index in [1.807, 2.05) is 6.92 Å². The second-order valence-corrected chi connectivity index (χ2v) is 5.56. The first kappa shape index (κ1) is 15.7. The minimum Gasteiger partial charge on any atom is -0.366 e. The van der Waals surface area contributed by atoms with Gasteiger partial charge in [-0.05, 0) is 19.1 Å². The summed E-state index contributed by atoms with van der Waals surface area (Å²) in [7, 11) is 0. The van der Waals surface area contributed by atoms with Crippen LogP contribution in [0.5, 0.6) is 0 Å². The van der Waals surface area contributed by atoms with Gasteiger partial charge < -0.3 is 15.5 Å². The molecule has 2 atom stereocenters. The molecule has 116 valence electrons. The number of nitrogens with two attached hydrogens (primary N) is 1. The van der Waals surface area contributed by atoms with Gasteiger partial charge in [0.2, 0.25) is 5.91 Å². The second kappa shape index (κ2) is 6.39. The molecule has 1 heterocycles. The van der Waals surface area contributed by atoms with E-state index in [4.69, 9.17) is 5.73 Å². The molecule has 0 radical (unpaired) electrons. The maximum Gasteiger partial charge on any atom is 0.227 e. The standard InChI is InChI=1S/C15H21F2N3O/c1-10(11(2)18)15(21)20-7-5-19(6-8-20)14-9-12(16)3-4-13(14)17/h3-4,9-11H,5-8,18H2,1-2H3. The van der Waals surface area contributed by atoms with Crippen LogP contribution in [0.3, 0.4) is 0 Å². The molecule has 1 saturated heterocycles. The summed E-state index contributed by atoms with van der Waals surface area (Å²) >= 11 is 0. The van der Waals surface area contributed by atoms with Crippen molar-refractivity contribution in [2.45, 2.75) is 19.9 Å². The molecule has 2 rings (SSSR count). The number of hydrogen-bond acceptors (Lipinski definition) is 3. The van der Waals surface area contributed by atoms with Crippen LogP contribution < -0.4 is 10.6 Å². The number of anilines is 1. The molecule has 1 fully saturated rings. The van der Waals surface area contributed by atoms with E-state index in [9.17, 15) is 13.6 Å². The van der Waals surface area contributed by atoms with E-state index in [1.165, 1.54) is 6.07 Å². The van der Waals surface area contributed by atoms with E-state index in [2.05, 4.69) is 0 Å². The Kier molecular flexibility index (Phi) is 4.77. The maximum atomic E-state index is 13.7. The molecule has 0 saturated carbocycles. The lowest BCUT2D eigenvalue weighted by Crippen LogP contribution is -2.52. The monoisotopic (exact) mass is 297 g/mol. The Morgan fingerprint density at radius 2 is 1.81 bits per heavy atom. The average molecular weight is 297 g/mol. The fourth-order valence-electron chi connectivity index (χ4n) is 2.41. The van der Waals surface area contributed by atoms with Crippen LogP contribution in [0.4, 0.5) is 14.5 Å². The van der Waals surface area contributed by atoms with Gasteiger partial charge in [-0.15, -0.1) is 0 Å². The van der Waals surface area contributed by atoms with Crippen LogP contribution in [-0.2, 0) is 4.79 Å². The summed E-state index contributed by atoms with van der Waals surface area (Å²) in [6.07, 6.45) is 0. The van der Waals surface area contributed by atoms with E-state index in [0.29, 0.717) is 26.2 Å². The number of amides is 1. The van der Waals surface area contributed by atoms with Crippen molar-refractivity contribution < 1.29 is 13.6 Å². The van der Waals surface area contributed by atoms with Crippen LogP contribution >= 0.6 is 0 Å². The van der Waals surface area contributed by atoms with Crippen LogP contribution in [0.1, 0.15) is 13.8 Å². The Hall–Kier alpha value is -1.69. The molecule has 2 N–H and O–H groups in total. The molecule has 1 amide bonds. The van der Waals surface area contributed by atoms with Gasteiger partial charge >= 0.3 is 0 Å². The molecular weight excluding hydrogens is 276 g/mol. The molecular formula is C15H21F2N3O. The topological polar surface area (TPSA) is 49.6 Å². The Morgan fingerprint density at radius 1 is 1.19 bits per heavy atom. The molecule has 6 heteroatoms. The molecule has 0 aliphatic carbocycles. The maximum absolute atomic E-state index is 13.7. The lowest BCUT2D eigenvalue weighted by atomic mass is 10.0. The minimum absolute atomic E-state index is 0.0179. The summed E-state index contributed by atoms with van der Waals surface area (Å²) in [5, 5.41) is 0. The van der Waals surface area contributed by atoms with Gasteiger partial charge in [-0.25, -0.2) is 8.78 Å². The van der Waals surface area contributed by atoms with E-state index in [0.717, 1.165) is 12.1 Å². The molecule has 2 unspecified atom stereocenters. The Morgan fingerprint density at radius 3 is 2.38 bits per heavy atom. The predicted molar refractivity (Wildman–Crippen MR) is 78.0 cm³/mol. The number of carbonyl (C=O) groups excluding carboxylic acids is 1. The Labute approximate surface area is 123 Å². The molecule has 1 aromatic carbocycles. The van der Waals surface area contributed by atoms with Crippen LogP contribution in [0.2, 0.25) is 0 Å². The average Bonchev–Trinajstić information content (AvgIpc) is 2.48. The Balaban J connectivity index is 2.00. The molecule has 4 nitrogen and oxygen atoms in total. The molecule has 21 heavy (non-hydrogen) atoms. The molecule has 0 aromatic heterocycles. The van der Waals surface area contributed by atoms with Crippen LogP contribution in [0, 0.1) is 17.6 Å². The van der Waals surface area contributed by atoms with E-state index < -0.39 is 11.6 Å². The van der Waals surface area contributed by atoms with Gasteiger partial charge in [0.05, 0.1) is 11.6 Å². The second-order valence-electron chi connectivity index (χ2n) is 5.56. The van der Waals surface area contributed by atoms with Crippen LogP contribution in [-0.4, -0.2) is 43.0 Å². The highest BCUT2D eigenvalue weighted by atomic mass is 19.1. The number of benzene rings is 1. The third kappa shape index (κ3) is 3.50. The predicted octanol–water partition coefficient (Wildman–Crippen LogP) is 1.60. The van der Waals surface area contributed by atoms with E-state index in [-0.39, 0.29) is 23.6 Å². The zero-order valence-corrected chi connectivity index (χ0v) is 12.4. The van der Waals surface area contributed by atoms with Crippen molar-refractivity contribution >= 4 is 11.6 Å². The smallest absolute Gasteiger partial charge is 0.227 e. The van der Waals surface area contributed by atoms with Crippen molar-refractivity contribution in [1.82, 2.24) is 4.90 Å². The summed E-state index contributed by atoms with van der Waals surface area (Å²) in [5.74, 6) is -1.12. The normalized spacial score (nSPS) is 18.5. The first-order chi connectivity index (χ1) is 9.90. The number of nitrogens with zero attached hydrogens (tertiary/aromatic N) is 2. The minimum atomic E-state index is -0.463. The SMILES string of the molecule is CC(N)C(C)C(=O)N1CCN(c2cc(F)ccc2F)CC1. The van der Waals surface area contributed by atoms with Gasteiger partial charge in [-0.1, -0.05) is 6.92 Å². The third-order valence-electron chi connectivity index (χ3n) is 4.02. The van der Waals surface area contributed by atoms with Gasteiger partial charge in [0.1, 0.15) is 11.6 Å². The van der Waals surface area contributed by atoms with Crippen molar-refractivity contribution in [3.8, 4) is 0 Å². The number of hydrogen-bond donors (Lipinski definition) is 1. The highest BCUT2D eigenvalue weighted by molar-refractivity contribution is 5.79. The summed E-state index contributed by atoms with van der Waals surface area (Å²) in [6.45, 7) is 5.57. The quantitative estimate of drug-likeness (QED) is 0.922. The Bertz CT molecular complexity index is 514. The van der Waals surface area contributed by atoms with E-state index >= 15 is 0 Å². The zero-order valence-electron chi connectivity index (χ0n) is 12.4. The highest BCUT2D eigenvalue weighted by Gasteiger charge is 2.27. The van der Waals surface area contributed by atoms with Crippen molar-refractivity contribution in [3.05, 3.63) is 29.8 Å². The first-order valence-corrected chi connectivity index (χ1v) is 7.14. The van der Waals surface area contributed by atoms with Gasteiger partial charge in [-0.2, -0.15) is 0 Å². The third-order valence-corrected chi connectivity index (χ3v) is 4.02. The number of halogens is 2. The van der Waals surface area contributed by atoms with Gasteiger partial charge in [0, 0.05) is 38.3 Å². The number of piperazine rings is 1. The van der Waals surface area contributed by atoms with Gasteiger partial charge in [-0.3, -0.25) is 4.79 Å².